The number of rotatable bonds is 4. The van der Waals surface area contributed by atoms with Crippen LogP contribution in [0.3, 0.4) is 0 Å². The first-order chi connectivity index (χ1) is 11.3. The third-order valence-electron chi connectivity index (χ3n) is 3.40. The maximum absolute atomic E-state index is 8.68. The molecule has 1 saturated heterocycles. The van der Waals surface area contributed by atoms with Crippen molar-refractivity contribution in [2.75, 3.05) is 44.3 Å². The van der Waals surface area contributed by atoms with E-state index in [0.29, 0.717) is 17.4 Å². The highest BCUT2D eigenvalue weighted by Crippen LogP contribution is 2.30. The van der Waals surface area contributed by atoms with Gasteiger partial charge in [0.2, 0.25) is 0 Å². The Morgan fingerprint density at radius 3 is 2.17 bits per heavy atom. The van der Waals surface area contributed by atoms with Crippen molar-refractivity contribution < 1.29 is 9.84 Å². The Morgan fingerprint density at radius 2 is 1.65 bits per heavy atom. The van der Waals surface area contributed by atoms with E-state index in [2.05, 4.69) is 10.2 Å². The van der Waals surface area contributed by atoms with Crippen LogP contribution in [0, 0.1) is 0 Å². The van der Waals surface area contributed by atoms with Crippen molar-refractivity contribution in [1.82, 2.24) is 5.32 Å². The summed E-state index contributed by atoms with van der Waals surface area (Å²) >= 11 is 6.24. The van der Waals surface area contributed by atoms with Gasteiger partial charge < -0.3 is 20.1 Å². The third kappa shape index (κ3) is 6.10. The summed E-state index contributed by atoms with van der Waals surface area (Å²) in [7, 11) is 0. The van der Waals surface area contributed by atoms with Crippen LogP contribution in [0.5, 0.6) is 5.75 Å². The molecule has 0 atom stereocenters. The molecule has 0 aromatic heterocycles. The van der Waals surface area contributed by atoms with Crippen LogP contribution in [0.4, 0.5) is 5.69 Å². The Bertz CT molecular complexity index is 533. The number of benzene rings is 2. The lowest BCUT2D eigenvalue weighted by Gasteiger charge is -2.30. The molecule has 0 unspecified atom stereocenters. The predicted octanol–water partition coefficient (Wildman–Crippen LogP) is 2.81. The summed E-state index contributed by atoms with van der Waals surface area (Å²) in [6.45, 7) is 4.21. The number of nitrogens with zero attached hydrogens (tertiary/aromatic N) is 1. The predicted molar refractivity (Wildman–Crippen MR) is 95.6 cm³/mol. The lowest BCUT2D eigenvalue weighted by molar-refractivity contribution is 0.201. The molecule has 1 aliphatic heterocycles. The van der Waals surface area contributed by atoms with E-state index in [1.54, 1.807) is 6.07 Å². The maximum Gasteiger partial charge on any atom is 0.121 e. The standard InChI is InChI=1S/C12H17ClN2O2.C6H6/c13-11-9-10(17-8-7-16)1-2-12(11)15-5-3-14-4-6-15;1-2-4-6-5-3-1/h1-2,9,14,16H,3-8H2;1-6H. The van der Waals surface area contributed by atoms with Crippen molar-refractivity contribution in [2.24, 2.45) is 0 Å². The topological polar surface area (TPSA) is 44.7 Å². The molecule has 1 fully saturated rings. The minimum absolute atomic E-state index is 0.0111. The lowest BCUT2D eigenvalue weighted by Crippen LogP contribution is -2.43. The molecule has 0 radical (unpaired) electrons. The molecular formula is C18H23ClN2O2. The van der Waals surface area contributed by atoms with Crippen molar-refractivity contribution in [3.05, 3.63) is 59.6 Å². The molecule has 3 rings (SSSR count). The van der Waals surface area contributed by atoms with E-state index in [1.807, 2.05) is 48.5 Å². The molecule has 4 nitrogen and oxygen atoms in total. The first-order valence-electron chi connectivity index (χ1n) is 7.80. The summed E-state index contributed by atoms with van der Waals surface area (Å²) in [5, 5.41) is 12.7. The van der Waals surface area contributed by atoms with Crippen LogP contribution in [0.1, 0.15) is 0 Å². The van der Waals surface area contributed by atoms with Crippen LogP contribution in [-0.2, 0) is 0 Å². The second-order valence-electron chi connectivity index (χ2n) is 5.08. The van der Waals surface area contributed by atoms with Gasteiger partial charge in [0.1, 0.15) is 12.4 Å². The average molecular weight is 335 g/mol. The highest BCUT2D eigenvalue weighted by molar-refractivity contribution is 6.33. The van der Waals surface area contributed by atoms with E-state index in [1.165, 1.54) is 0 Å². The minimum Gasteiger partial charge on any atom is -0.491 e. The molecule has 2 N–H and O–H groups in total. The highest BCUT2D eigenvalue weighted by Gasteiger charge is 2.13. The van der Waals surface area contributed by atoms with E-state index in [0.717, 1.165) is 31.9 Å². The van der Waals surface area contributed by atoms with Gasteiger partial charge in [-0.15, -0.1) is 0 Å². The van der Waals surface area contributed by atoms with E-state index in [4.69, 9.17) is 21.4 Å². The number of aliphatic hydroxyl groups is 1. The number of aliphatic hydroxyl groups excluding tert-OH is 1. The number of halogens is 1. The van der Waals surface area contributed by atoms with Crippen LogP contribution in [0.25, 0.3) is 0 Å². The SMILES string of the molecule is OCCOc1ccc(N2CCNCC2)c(Cl)c1.c1ccccc1. The monoisotopic (exact) mass is 334 g/mol. The van der Waals surface area contributed by atoms with Crippen molar-refractivity contribution in [3.63, 3.8) is 0 Å². The highest BCUT2D eigenvalue weighted by atomic mass is 35.5. The quantitative estimate of drug-likeness (QED) is 0.902. The molecule has 2 aromatic rings. The van der Waals surface area contributed by atoms with E-state index in [9.17, 15) is 0 Å². The number of piperazine rings is 1. The molecule has 0 spiro atoms. The van der Waals surface area contributed by atoms with Crippen molar-refractivity contribution in [2.45, 2.75) is 0 Å². The van der Waals surface area contributed by atoms with E-state index < -0.39 is 0 Å². The molecule has 23 heavy (non-hydrogen) atoms. The molecule has 0 aliphatic carbocycles. The van der Waals surface area contributed by atoms with Gasteiger partial charge in [0.25, 0.3) is 0 Å². The number of nitrogens with one attached hydrogen (secondary N) is 1. The Labute approximate surface area is 142 Å². The van der Waals surface area contributed by atoms with E-state index in [-0.39, 0.29) is 6.61 Å². The Morgan fingerprint density at radius 1 is 1.04 bits per heavy atom. The molecular weight excluding hydrogens is 312 g/mol. The van der Waals surface area contributed by atoms with Gasteiger partial charge in [-0.3, -0.25) is 0 Å². The molecule has 0 amide bonds. The van der Waals surface area contributed by atoms with Crippen LogP contribution < -0.4 is 15.0 Å². The Balaban J connectivity index is 0.000000268. The van der Waals surface area contributed by atoms with Gasteiger partial charge in [-0.25, -0.2) is 0 Å². The normalized spacial score (nSPS) is 13.9. The van der Waals surface area contributed by atoms with Crippen molar-refractivity contribution in [3.8, 4) is 5.75 Å². The second kappa shape index (κ2) is 10.1. The first kappa shape index (κ1) is 17.6. The summed E-state index contributed by atoms with van der Waals surface area (Å²) < 4.78 is 5.31. The molecule has 1 aliphatic rings. The van der Waals surface area contributed by atoms with Gasteiger partial charge in [-0.1, -0.05) is 48.0 Å². The summed E-state index contributed by atoms with van der Waals surface area (Å²) in [6, 6.07) is 17.7. The fourth-order valence-electron chi connectivity index (χ4n) is 2.29. The molecule has 124 valence electrons. The Hall–Kier alpha value is -1.75. The number of anilines is 1. The van der Waals surface area contributed by atoms with Crippen LogP contribution in [0.2, 0.25) is 5.02 Å². The molecule has 2 aromatic carbocycles. The molecule has 0 bridgehead atoms. The molecule has 5 heteroatoms. The van der Waals surface area contributed by atoms with Crippen LogP contribution in [0.15, 0.2) is 54.6 Å². The molecule has 1 heterocycles. The van der Waals surface area contributed by atoms with Gasteiger partial charge in [-0.2, -0.15) is 0 Å². The summed E-state index contributed by atoms with van der Waals surface area (Å²) in [5.74, 6) is 0.697. The fourth-order valence-corrected chi connectivity index (χ4v) is 2.58. The molecule has 0 saturated carbocycles. The lowest BCUT2D eigenvalue weighted by atomic mass is 10.2. The van der Waals surface area contributed by atoms with Gasteiger partial charge in [0, 0.05) is 32.2 Å². The third-order valence-corrected chi connectivity index (χ3v) is 3.71. The maximum atomic E-state index is 8.68. The number of hydrogen-bond donors (Lipinski definition) is 2. The van der Waals surface area contributed by atoms with Gasteiger partial charge in [0.15, 0.2) is 0 Å². The zero-order valence-electron chi connectivity index (χ0n) is 13.1. The number of hydrogen-bond acceptors (Lipinski definition) is 4. The summed E-state index contributed by atoms with van der Waals surface area (Å²) in [6.07, 6.45) is 0. The van der Waals surface area contributed by atoms with Gasteiger partial charge in [0.05, 0.1) is 17.3 Å². The Kier molecular flexibility index (Phi) is 7.73. The largest absolute Gasteiger partial charge is 0.491 e. The van der Waals surface area contributed by atoms with Crippen molar-refractivity contribution >= 4 is 17.3 Å². The smallest absolute Gasteiger partial charge is 0.121 e. The zero-order valence-corrected chi connectivity index (χ0v) is 13.9. The fraction of sp³-hybridized carbons (Fsp3) is 0.333. The van der Waals surface area contributed by atoms with E-state index >= 15 is 0 Å². The summed E-state index contributed by atoms with van der Waals surface area (Å²) in [4.78, 5) is 2.26. The minimum atomic E-state index is 0.0111. The van der Waals surface area contributed by atoms with Gasteiger partial charge >= 0.3 is 0 Å². The second-order valence-corrected chi connectivity index (χ2v) is 5.48. The van der Waals surface area contributed by atoms with Crippen LogP contribution in [-0.4, -0.2) is 44.5 Å². The zero-order chi connectivity index (χ0) is 16.3. The van der Waals surface area contributed by atoms with Crippen LogP contribution >= 0.6 is 11.6 Å². The average Bonchev–Trinajstić information content (AvgIpc) is 2.63. The first-order valence-corrected chi connectivity index (χ1v) is 8.18. The van der Waals surface area contributed by atoms with Gasteiger partial charge in [-0.05, 0) is 12.1 Å². The number of ether oxygens (including phenoxy) is 1. The summed E-state index contributed by atoms with van der Waals surface area (Å²) in [5.41, 5.74) is 1.05. The van der Waals surface area contributed by atoms with Crippen molar-refractivity contribution in [1.29, 1.82) is 0 Å².